The largest absolute Gasteiger partial charge is 0.390 e. The van der Waals surface area contributed by atoms with Crippen molar-refractivity contribution in [2.45, 2.75) is 32.0 Å². The highest BCUT2D eigenvalue weighted by Crippen LogP contribution is 2.36. The first-order chi connectivity index (χ1) is 16.1. The maximum Gasteiger partial charge on any atom is 0.390 e. The lowest BCUT2D eigenvalue weighted by molar-refractivity contribution is -0.133. The van der Waals surface area contributed by atoms with E-state index in [1.165, 1.54) is 40.4 Å². The highest BCUT2D eigenvalue weighted by Gasteiger charge is 2.39. The van der Waals surface area contributed by atoms with Crippen LogP contribution in [0.25, 0.3) is 23.4 Å². The van der Waals surface area contributed by atoms with E-state index in [1.807, 2.05) is 0 Å². The van der Waals surface area contributed by atoms with Crippen molar-refractivity contribution in [1.82, 2.24) is 19.5 Å². The molecule has 1 aromatic carbocycles. The van der Waals surface area contributed by atoms with Crippen molar-refractivity contribution >= 4 is 23.5 Å². The van der Waals surface area contributed by atoms with E-state index in [0.717, 1.165) is 0 Å². The number of rotatable bonds is 6. The quantitative estimate of drug-likeness (QED) is 0.488. The molecule has 1 amide bonds. The van der Waals surface area contributed by atoms with Crippen molar-refractivity contribution < 1.29 is 22.4 Å². The number of hydrogen-bond acceptors (Lipinski definition) is 5. The summed E-state index contributed by atoms with van der Waals surface area (Å²) in [6, 6.07) is 3.38. The fourth-order valence-corrected chi connectivity index (χ4v) is 4.02. The zero-order chi connectivity index (χ0) is 24.6. The fraction of sp³-hybridized carbons (Fsp3) is 0.304. The van der Waals surface area contributed by atoms with Gasteiger partial charge in [-0.3, -0.25) is 9.36 Å². The Morgan fingerprint density at radius 1 is 1.24 bits per heavy atom. The molecule has 0 fully saturated rings. The summed E-state index contributed by atoms with van der Waals surface area (Å²) in [5.74, 6) is 0.0364. The van der Waals surface area contributed by atoms with Gasteiger partial charge in [-0.1, -0.05) is 19.6 Å². The van der Waals surface area contributed by atoms with Crippen molar-refractivity contribution in [2.75, 3.05) is 23.4 Å². The molecule has 3 aromatic rings. The zero-order valence-corrected chi connectivity index (χ0v) is 18.6. The first kappa shape index (κ1) is 23.4. The number of fused-ring (bicyclic) bond motifs is 1. The maximum absolute atomic E-state index is 13.7. The Kier molecular flexibility index (Phi) is 6.11. The summed E-state index contributed by atoms with van der Waals surface area (Å²) in [5, 5.41) is 0. The molecule has 11 heteroatoms. The molecule has 0 aliphatic carbocycles. The minimum absolute atomic E-state index is 0.153. The van der Waals surface area contributed by atoms with Crippen molar-refractivity contribution in [3.8, 4) is 17.3 Å². The number of amides is 1. The second-order valence-electron chi connectivity index (χ2n) is 7.82. The maximum atomic E-state index is 13.7. The first-order valence-corrected chi connectivity index (χ1v) is 10.6. The third-order valence-electron chi connectivity index (χ3n) is 5.72. The third kappa shape index (κ3) is 4.25. The Morgan fingerprint density at radius 3 is 2.68 bits per heavy atom. The summed E-state index contributed by atoms with van der Waals surface area (Å²) < 4.78 is 54.4. The Balaban J connectivity index is 1.82. The molecular weight excluding hydrogens is 452 g/mol. The summed E-state index contributed by atoms with van der Waals surface area (Å²) in [4.78, 5) is 28.8. The lowest BCUT2D eigenvalue weighted by Gasteiger charge is -2.40. The van der Waals surface area contributed by atoms with E-state index in [9.17, 15) is 22.4 Å². The molecule has 2 aromatic heterocycles. The van der Waals surface area contributed by atoms with Gasteiger partial charge in [0.05, 0.1) is 12.6 Å². The van der Waals surface area contributed by atoms with Gasteiger partial charge >= 0.3 is 6.18 Å². The molecule has 0 N–H and O–H groups in total. The van der Waals surface area contributed by atoms with Gasteiger partial charge in [0.15, 0.2) is 5.82 Å². The number of benzene rings is 1. The normalized spacial score (nSPS) is 16.1. The minimum atomic E-state index is -4.39. The Morgan fingerprint density at radius 2 is 2.00 bits per heavy atom. The van der Waals surface area contributed by atoms with E-state index in [2.05, 4.69) is 21.5 Å². The molecule has 1 aliphatic heterocycles. The number of likely N-dealkylation sites (N-methyl/N-ethyl adjacent to an activating group) is 1. The van der Waals surface area contributed by atoms with Crippen LogP contribution in [-0.2, 0) is 4.79 Å². The van der Waals surface area contributed by atoms with Crippen LogP contribution in [0.4, 0.5) is 29.1 Å². The van der Waals surface area contributed by atoms with E-state index in [-0.39, 0.29) is 17.7 Å². The van der Waals surface area contributed by atoms with Crippen LogP contribution in [0, 0.1) is 5.82 Å². The monoisotopic (exact) mass is 474 g/mol. The number of carbonyl (C=O) groups is 1. The standard InChI is InChI=1S/C23H22F4N6O/c1-4-14-12-15(24)6-7-16(14)19-28-9-11-33(19)22-29-13-18-20(30-22)32(10-8-23(25,26)27)17(5-2)21(34)31(18)3/h4,6-7,9,11-13,17H,1,5,8,10H2,2-3H3/t17-/m1/s1. The zero-order valence-electron chi connectivity index (χ0n) is 18.6. The number of nitrogens with zero attached hydrogens (tertiary/aromatic N) is 6. The molecule has 1 atom stereocenters. The van der Waals surface area contributed by atoms with Crippen LogP contribution in [-0.4, -0.2) is 51.2 Å². The van der Waals surface area contributed by atoms with Gasteiger partial charge in [0, 0.05) is 31.5 Å². The molecule has 4 rings (SSSR count). The van der Waals surface area contributed by atoms with Crippen LogP contribution in [0.15, 0.2) is 43.4 Å². The van der Waals surface area contributed by atoms with Crippen LogP contribution in [0.1, 0.15) is 25.3 Å². The van der Waals surface area contributed by atoms with Crippen LogP contribution in [0.2, 0.25) is 0 Å². The molecule has 0 radical (unpaired) electrons. The number of alkyl halides is 3. The summed E-state index contributed by atoms with van der Waals surface area (Å²) in [6.45, 7) is 5.04. The molecule has 7 nitrogen and oxygen atoms in total. The van der Waals surface area contributed by atoms with Crippen LogP contribution in [0.3, 0.4) is 0 Å². The Hall–Kier alpha value is -3.76. The van der Waals surface area contributed by atoms with Crippen LogP contribution in [0.5, 0.6) is 0 Å². The van der Waals surface area contributed by atoms with Gasteiger partial charge in [0.2, 0.25) is 11.9 Å². The van der Waals surface area contributed by atoms with Gasteiger partial charge < -0.3 is 9.80 Å². The average molecular weight is 474 g/mol. The lowest BCUT2D eigenvalue weighted by atomic mass is 10.1. The van der Waals surface area contributed by atoms with Crippen molar-refractivity contribution in [2.24, 2.45) is 0 Å². The van der Waals surface area contributed by atoms with Gasteiger partial charge in [0.25, 0.3) is 0 Å². The van der Waals surface area contributed by atoms with Crippen LogP contribution < -0.4 is 9.80 Å². The highest BCUT2D eigenvalue weighted by atomic mass is 19.4. The molecule has 3 heterocycles. The molecule has 1 aliphatic rings. The number of aromatic nitrogens is 4. The Labute approximate surface area is 193 Å². The number of imidazole rings is 1. The van der Waals surface area contributed by atoms with Crippen LogP contribution >= 0.6 is 0 Å². The summed E-state index contributed by atoms with van der Waals surface area (Å²) >= 11 is 0. The molecule has 0 spiro atoms. The molecule has 178 valence electrons. The van der Waals surface area contributed by atoms with Gasteiger partial charge in [-0.05, 0) is 30.2 Å². The molecule has 0 saturated carbocycles. The smallest absolute Gasteiger partial charge is 0.342 e. The molecule has 34 heavy (non-hydrogen) atoms. The summed E-state index contributed by atoms with van der Waals surface area (Å²) in [7, 11) is 1.55. The van der Waals surface area contributed by atoms with Crippen molar-refractivity contribution in [3.63, 3.8) is 0 Å². The molecule has 0 unspecified atom stereocenters. The summed E-state index contributed by atoms with van der Waals surface area (Å²) in [5.41, 5.74) is 1.40. The van der Waals surface area contributed by atoms with Crippen molar-refractivity contribution in [1.29, 1.82) is 0 Å². The topological polar surface area (TPSA) is 67.2 Å². The minimum Gasteiger partial charge on any atom is -0.342 e. The van der Waals surface area contributed by atoms with Gasteiger partial charge in [0.1, 0.15) is 23.4 Å². The second kappa shape index (κ2) is 8.88. The van der Waals surface area contributed by atoms with Crippen molar-refractivity contribution in [3.05, 3.63) is 54.7 Å². The number of hydrogen-bond donors (Lipinski definition) is 0. The second-order valence-corrected chi connectivity index (χ2v) is 7.82. The predicted octanol–water partition coefficient (Wildman–Crippen LogP) is 4.63. The predicted molar refractivity (Wildman–Crippen MR) is 120 cm³/mol. The van der Waals surface area contributed by atoms with E-state index < -0.39 is 31.0 Å². The van der Waals surface area contributed by atoms with E-state index >= 15 is 0 Å². The number of halogens is 4. The Bertz CT molecular complexity index is 1240. The fourth-order valence-electron chi connectivity index (χ4n) is 4.02. The average Bonchev–Trinajstić information content (AvgIpc) is 3.29. The van der Waals surface area contributed by atoms with Gasteiger partial charge in [-0.25, -0.2) is 14.4 Å². The first-order valence-electron chi connectivity index (χ1n) is 10.6. The lowest BCUT2D eigenvalue weighted by Crippen LogP contribution is -2.53. The summed E-state index contributed by atoms with van der Waals surface area (Å²) in [6.07, 6.45) is 0.855. The third-order valence-corrected chi connectivity index (χ3v) is 5.72. The van der Waals surface area contributed by atoms with E-state index in [1.54, 1.807) is 30.8 Å². The van der Waals surface area contributed by atoms with E-state index in [4.69, 9.17) is 0 Å². The molecule has 0 bridgehead atoms. The van der Waals surface area contributed by atoms with Gasteiger partial charge in [-0.2, -0.15) is 18.2 Å². The molecular formula is C23H22F4N6O. The highest BCUT2D eigenvalue weighted by molar-refractivity contribution is 6.04. The number of anilines is 2. The van der Waals surface area contributed by atoms with Gasteiger partial charge in [-0.15, -0.1) is 0 Å². The SMILES string of the molecule is C=Cc1cc(F)ccc1-c1nccn1-c1ncc2c(n1)N(CCC(F)(F)F)[C@H](CC)C(=O)N2C. The molecule has 0 saturated heterocycles. The number of carbonyl (C=O) groups excluding carboxylic acids is 1. The van der Waals surface area contributed by atoms with E-state index in [0.29, 0.717) is 29.1 Å².